The van der Waals surface area contributed by atoms with Gasteiger partial charge in [-0.2, -0.15) is 0 Å². The molecule has 0 aromatic carbocycles. The van der Waals surface area contributed by atoms with Crippen LogP contribution in [0.15, 0.2) is 36.1 Å². The smallest absolute Gasteiger partial charge is 0.114 e. The van der Waals surface area contributed by atoms with Crippen LogP contribution in [0.1, 0.15) is 53.4 Å². The van der Waals surface area contributed by atoms with Crippen LogP contribution in [0.3, 0.4) is 0 Å². The van der Waals surface area contributed by atoms with Gasteiger partial charge in [-0.25, -0.2) is 0 Å². The van der Waals surface area contributed by atoms with Crippen LogP contribution >= 0.6 is 0 Å². The Morgan fingerprint density at radius 3 is 2.00 bits per heavy atom. The van der Waals surface area contributed by atoms with Gasteiger partial charge < -0.3 is 4.74 Å². The van der Waals surface area contributed by atoms with Crippen molar-refractivity contribution in [3.63, 3.8) is 0 Å². The predicted molar refractivity (Wildman–Crippen MR) is 74.5 cm³/mol. The van der Waals surface area contributed by atoms with Crippen molar-refractivity contribution in [2.45, 2.75) is 53.4 Å². The van der Waals surface area contributed by atoms with E-state index in [1.807, 2.05) is 45.1 Å². The molecule has 0 amide bonds. The molecule has 1 nitrogen and oxygen atoms in total. The lowest BCUT2D eigenvalue weighted by Crippen LogP contribution is -1.78. The third-order valence-electron chi connectivity index (χ3n) is 1.62. The Kier molecular flexibility index (Phi) is 17.9. The fraction of sp³-hybridized carbons (Fsp3) is 0.600. The standard InChI is InChI=1S/C10H16O.C3H6.C2H6/c1-4-6-7-8-9-10(5-2)11-3;1-2-3-1;1-2/h5-9H,4H2,1-3H3;1-3H2;1-2H3/b7-6-,9-8-,10-5+;;. The summed E-state index contributed by atoms with van der Waals surface area (Å²) in [6, 6.07) is 0. The van der Waals surface area contributed by atoms with Gasteiger partial charge in [0.1, 0.15) is 5.76 Å². The molecular weight excluding hydrogens is 196 g/mol. The van der Waals surface area contributed by atoms with Crippen molar-refractivity contribution in [2.75, 3.05) is 7.11 Å². The van der Waals surface area contributed by atoms with Crippen molar-refractivity contribution < 1.29 is 4.74 Å². The largest absolute Gasteiger partial charge is 0.497 e. The van der Waals surface area contributed by atoms with Crippen LogP contribution in [0.2, 0.25) is 0 Å². The van der Waals surface area contributed by atoms with Crippen LogP contribution in [0.25, 0.3) is 0 Å². The molecule has 0 saturated heterocycles. The lowest BCUT2D eigenvalue weighted by atomic mass is 10.3. The summed E-state index contributed by atoms with van der Waals surface area (Å²) < 4.78 is 5.02. The molecule has 16 heavy (non-hydrogen) atoms. The van der Waals surface area contributed by atoms with E-state index in [4.69, 9.17) is 4.74 Å². The maximum absolute atomic E-state index is 5.02. The first-order chi connectivity index (χ1) is 7.85. The van der Waals surface area contributed by atoms with Crippen LogP contribution in [-0.4, -0.2) is 7.11 Å². The van der Waals surface area contributed by atoms with Gasteiger partial charge >= 0.3 is 0 Å². The number of allylic oxidation sites excluding steroid dienone is 5. The molecule has 1 saturated carbocycles. The molecule has 1 aliphatic rings. The first-order valence-electron chi connectivity index (χ1n) is 6.38. The highest BCUT2D eigenvalue weighted by molar-refractivity contribution is 5.16. The minimum atomic E-state index is 0.894. The summed E-state index contributed by atoms with van der Waals surface area (Å²) >= 11 is 0. The minimum absolute atomic E-state index is 0.894. The van der Waals surface area contributed by atoms with Crippen molar-refractivity contribution in [3.8, 4) is 0 Å². The van der Waals surface area contributed by atoms with Gasteiger partial charge in [-0.1, -0.05) is 58.3 Å². The normalized spacial score (nSPS) is 13.9. The van der Waals surface area contributed by atoms with Crippen molar-refractivity contribution in [2.24, 2.45) is 0 Å². The molecule has 0 radical (unpaired) electrons. The Balaban J connectivity index is 0. The third kappa shape index (κ3) is 18.7. The Bertz CT molecular complexity index is 195. The molecule has 1 fully saturated rings. The Hall–Kier alpha value is -0.980. The molecule has 0 spiro atoms. The second-order valence-electron chi connectivity index (χ2n) is 3.15. The van der Waals surface area contributed by atoms with Gasteiger partial charge in [0.15, 0.2) is 0 Å². The lowest BCUT2D eigenvalue weighted by Gasteiger charge is -1.95. The van der Waals surface area contributed by atoms with Gasteiger partial charge in [0, 0.05) is 0 Å². The van der Waals surface area contributed by atoms with E-state index in [0.29, 0.717) is 0 Å². The van der Waals surface area contributed by atoms with E-state index in [-0.39, 0.29) is 0 Å². The van der Waals surface area contributed by atoms with Gasteiger partial charge in [0.2, 0.25) is 0 Å². The van der Waals surface area contributed by atoms with E-state index in [1.165, 1.54) is 19.3 Å². The van der Waals surface area contributed by atoms with E-state index in [9.17, 15) is 0 Å². The zero-order chi connectivity index (χ0) is 12.6. The van der Waals surface area contributed by atoms with Crippen LogP contribution in [0.4, 0.5) is 0 Å². The quantitative estimate of drug-likeness (QED) is 0.468. The van der Waals surface area contributed by atoms with E-state index in [0.717, 1.165) is 12.2 Å². The van der Waals surface area contributed by atoms with Crippen molar-refractivity contribution in [1.82, 2.24) is 0 Å². The Morgan fingerprint density at radius 1 is 1.12 bits per heavy atom. The second kappa shape index (κ2) is 16.4. The summed E-state index contributed by atoms with van der Waals surface area (Å²) in [7, 11) is 1.67. The number of methoxy groups -OCH3 is 1. The first-order valence-corrected chi connectivity index (χ1v) is 6.38. The highest BCUT2D eigenvalue weighted by Gasteiger charge is 1.95. The molecule has 0 atom stereocenters. The average molecular weight is 224 g/mol. The summed E-state index contributed by atoms with van der Waals surface area (Å²) in [6.07, 6.45) is 15.5. The summed E-state index contributed by atoms with van der Waals surface area (Å²) in [5.41, 5.74) is 0. The van der Waals surface area contributed by atoms with Crippen molar-refractivity contribution in [3.05, 3.63) is 36.1 Å². The van der Waals surface area contributed by atoms with Gasteiger partial charge in [0.25, 0.3) is 0 Å². The van der Waals surface area contributed by atoms with Gasteiger partial charge in [-0.3, -0.25) is 0 Å². The van der Waals surface area contributed by atoms with E-state index in [2.05, 4.69) is 13.0 Å². The fourth-order valence-electron chi connectivity index (χ4n) is 0.647. The third-order valence-corrected chi connectivity index (χ3v) is 1.62. The molecule has 0 heterocycles. The first kappa shape index (κ1) is 17.4. The molecule has 0 N–H and O–H groups in total. The Morgan fingerprint density at radius 2 is 1.69 bits per heavy atom. The predicted octanol–water partition coefficient (Wildman–Crippen LogP) is 5.26. The van der Waals surface area contributed by atoms with E-state index >= 15 is 0 Å². The molecule has 0 aromatic heterocycles. The minimum Gasteiger partial charge on any atom is -0.497 e. The summed E-state index contributed by atoms with van der Waals surface area (Å²) in [5.74, 6) is 0.894. The van der Waals surface area contributed by atoms with E-state index < -0.39 is 0 Å². The highest BCUT2D eigenvalue weighted by atomic mass is 16.5. The zero-order valence-electron chi connectivity index (χ0n) is 11.6. The van der Waals surface area contributed by atoms with Crippen molar-refractivity contribution in [1.29, 1.82) is 0 Å². The zero-order valence-corrected chi connectivity index (χ0v) is 11.6. The summed E-state index contributed by atoms with van der Waals surface area (Å²) in [5, 5.41) is 0. The highest BCUT2D eigenvalue weighted by Crippen LogP contribution is 2.14. The second-order valence-corrected chi connectivity index (χ2v) is 3.15. The molecule has 1 aliphatic carbocycles. The number of ether oxygens (including phenoxy) is 1. The SMILES string of the molecule is C1CC1.CC.C\C=C(/C=C\C=C/CC)OC. The molecule has 0 bridgehead atoms. The molecule has 94 valence electrons. The molecule has 1 heteroatoms. The molecular formula is C15H28O. The number of rotatable bonds is 4. The number of hydrogen-bond acceptors (Lipinski definition) is 1. The maximum Gasteiger partial charge on any atom is 0.114 e. The van der Waals surface area contributed by atoms with E-state index in [1.54, 1.807) is 7.11 Å². The summed E-state index contributed by atoms with van der Waals surface area (Å²) in [4.78, 5) is 0. The van der Waals surface area contributed by atoms with Crippen LogP contribution in [-0.2, 0) is 4.74 Å². The molecule has 0 unspecified atom stereocenters. The van der Waals surface area contributed by atoms with Gasteiger partial charge in [-0.15, -0.1) is 0 Å². The van der Waals surface area contributed by atoms with Crippen LogP contribution < -0.4 is 0 Å². The van der Waals surface area contributed by atoms with Gasteiger partial charge in [0.05, 0.1) is 7.11 Å². The topological polar surface area (TPSA) is 9.23 Å². The average Bonchev–Trinajstić information content (AvgIpc) is 3.20. The monoisotopic (exact) mass is 224 g/mol. The molecule has 1 rings (SSSR count). The van der Waals surface area contributed by atoms with Crippen LogP contribution in [0.5, 0.6) is 0 Å². The molecule has 0 aliphatic heterocycles. The fourth-order valence-corrected chi connectivity index (χ4v) is 0.647. The summed E-state index contributed by atoms with van der Waals surface area (Å²) in [6.45, 7) is 8.06. The van der Waals surface area contributed by atoms with Crippen LogP contribution in [0, 0.1) is 0 Å². The maximum atomic E-state index is 5.02. The van der Waals surface area contributed by atoms with Crippen molar-refractivity contribution >= 4 is 0 Å². The molecule has 0 aromatic rings. The van der Waals surface area contributed by atoms with Gasteiger partial charge in [-0.05, 0) is 25.5 Å². The lowest BCUT2D eigenvalue weighted by molar-refractivity contribution is 0.306. The number of hydrogen-bond donors (Lipinski definition) is 0. The Labute approximate surface area is 102 Å².